The molecule has 1 aromatic rings. The van der Waals surface area contributed by atoms with Crippen LogP contribution in [0.1, 0.15) is 13.3 Å². The summed E-state index contributed by atoms with van der Waals surface area (Å²) in [7, 11) is 0. The number of carboxylic acid groups (broad SMARTS) is 2. The number of allylic oxidation sites excluding steroid dienone is 1. The fraction of sp³-hybridized carbons (Fsp3) is 0.200. The fourth-order valence-corrected chi connectivity index (χ4v) is 2.54. The average Bonchev–Trinajstić information content (AvgIpc) is 2.43. The Morgan fingerprint density at radius 3 is 2.50 bits per heavy atom. The van der Waals surface area contributed by atoms with Crippen molar-refractivity contribution in [3.63, 3.8) is 0 Å². The molecule has 116 valence electrons. The zero-order chi connectivity index (χ0) is 16.5. The van der Waals surface area contributed by atoms with Gasteiger partial charge in [0.15, 0.2) is 0 Å². The minimum Gasteiger partial charge on any atom is -0.481 e. The number of aliphatic carboxylic acids is 2. The average molecular weight is 342 g/mol. The molecule has 0 heterocycles. The van der Waals surface area contributed by atoms with E-state index in [0.29, 0.717) is 21.4 Å². The molecule has 0 fully saturated rings. The summed E-state index contributed by atoms with van der Waals surface area (Å²) in [5.74, 6) is -2.25. The number of hydrogen-bond donors (Lipinski definition) is 3. The highest BCUT2D eigenvalue weighted by atomic mass is 35.5. The van der Waals surface area contributed by atoms with Crippen molar-refractivity contribution in [1.82, 2.24) is 0 Å². The zero-order valence-electron chi connectivity index (χ0n) is 11.6. The summed E-state index contributed by atoms with van der Waals surface area (Å²) in [6.07, 6.45) is 2.79. The predicted octanol–water partition coefficient (Wildman–Crippen LogP) is 3.79. The molecule has 0 saturated carbocycles. The van der Waals surface area contributed by atoms with Crippen molar-refractivity contribution in [3.8, 4) is 0 Å². The Bertz CT molecular complexity index is 711. The van der Waals surface area contributed by atoms with E-state index in [9.17, 15) is 19.8 Å². The second kappa shape index (κ2) is 6.02. The molecule has 0 radical (unpaired) electrons. The van der Waals surface area contributed by atoms with E-state index in [2.05, 4.69) is 5.32 Å². The molecule has 0 spiro atoms. The number of nitrogens with one attached hydrogen (secondary N) is 1. The van der Waals surface area contributed by atoms with Crippen molar-refractivity contribution in [2.24, 2.45) is 5.41 Å². The Balaban J connectivity index is 2.38. The first-order valence-electron chi connectivity index (χ1n) is 6.34. The van der Waals surface area contributed by atoms with Crippen molar-refractivity contribution in [2.45, 2.75) is 13.3 Å². The lowest BCUT2D eigenvalue weighted by Crippen LogP contribution is -2.30. The van der Waals surface area contributed by atoms with Crippen molar-refractivity contribution in [1.29, 1.82) is 0 Å². The van der Waals surface area contributed by atoms with Gasteiger partial charge in [0.2, 0.25) is 0 Å². The Morgan fingerprint density at radius 2 is 1.95 bits per heavy atom. The van der Waals surface area contributed by atoms with E-state index in [0.717, 1.165) is 0 Å². The van der Waals surface area contributed by atoms with Gasteiger partial charge in [-0.2, -0.15) is 0 Å². The van der Waals surface area contributed by atoms with E-state index in [4.69, 9.17) is 23.2 Å². The first-order valence-corrected chi connectivity index (χ1v) is 7.10. The molecule has 1 unspecified atom stereocenters. The molecule has 0 bridgehead atoms. The van der Waals surface area contributed by atoms with Crippen LogP contribution >= 0.6 is 23.2 Å². The highest BCUT2D eigenvalue weighted by Crippen LogP contribution is 2.36. The van der Waals surface area contributed by atoms with Crippen LogP contribution in [0.5, 0.6) is 0 Å². The smallest absolute Gasteiger partial charge is 0.333 e. The molecule has 2 rings (SSSR count). The Kier molecular flexibility index (Phi) is 4.49. The molecule has 3 N–H and O–H groups in total. The number of anilines is 1. The van der Waals surface area contributed by atoms with Crippen molar-refractivity contribution in [2.75, 3.05) is 5.32 Å². The lowest BCUT2D eigenvalue weighted by molar-refractivity contribution is -0.145. The topological polar surface area (TPSA) is 86.6 Å². The van der Waals surface area contributed by atoms with Gasteiger partial charge in [-0.3, -0.25) is 4.79 Å². The third-order valence-electron chi connectivity index (χ3n) is 3.43. The molecule has 22 heavy (non-hydrogen) atoms. The van der Waals surface area contributed by atoms with E-state index < -0.39 is 17.4 Å². The Hall–Kier alpha value is -1.98. The number of benzene rings is 1. The van der Waals surface area contributed by atoms with Crippen LogP contribution < -0.4 is 5.32 Å². The molecular weight excluding hydrogens is 329 g/mol. The summed E-state index contributed by atoms with van der Waals surface area (Å²) in [5.41, 5.74) is -0.472. The van der Waals surface area contributed by atoms with Crippen LogP contribution in [0.3, 0.4) is 0 Å². The Labute approximate surface area is 136 Å². The summed E-state index contributed by atoms with van der Waals surface area (Å²) in [5, 5.41) is 22.3. The van der Waals surface area contributed by atoms with Crippen LogP contribution in [-0.2, 0) is 9.59 Å². The van der Waals surface area contributed by atoms with E-state index in [-0.39, 0.29) is 12.0 Å². The van der Waals surface area contributed by atoms with Crippen molar-refractivity contribution < 1.29 is 19.8 Å². The second-order valence-corrected chi connectivity index (χ2v) is 6.02. The standard InChI is InChI=1S/C15H13Cl2NO4/c1-15(14(21)22)5-4-11(9(7-15)13(19)20)18-12-3-2-8(16)6-10(12)17/h2-6,18H,7H2,1H3,(H,19,20)(H,21,22). The van der Waals surface area contributed by atoms with Gasteiger partial charge >= 0.3 is 11.9 Å². The van der Waals surface area contributed by atoms with E-state index in [1.165, 1.54) is 25.1 Å². The third-order valence-corrected chi connectivity index (χ3v) is 3.98. The van der Waals surface area contributed by atoms with Gasteiger partial charge in [-0.1, -0.05) is 29.3 Å². The number of carboxylic acids is 2. The second-order valence-electron chi connectivity index (χ2n) is 5.18. The molecule has 0 aromatic heterocycles. The van der Waals surface area contributed by atoms with Gasteiger partial charge in [0.05, 0.1) is 21.7 Å². The van der Waals surface area contributed by atoms with E-state index in [1.54, 1.807) is 12.1 Å². The van der Waals surface area contributed by atoms with Crippen LogP contribution in [0.15, 0.2) is 41.6 Å². The molecule has 0 saturated heterocycles. The van der Waals surface area contributed by atoms with Gasteiger partial charge in [0, 0.05) is 17.1 Å². The first-order chi connectivity index (χ1) is 10.2. The lowest BCUT2D eigenvalue weighted by Gasteiger charge is -2.27. The fourth-order valence-electron chi connectivity index (χ4n) is 2.08. The van der Waals surface area contributed by atoms with Gasteiger partial charge in [0.25, 0.3) is 0 Å². The van der Waals surface area contributed by atoms with Crippen LogP contribution in [0.25, 0.3) is 0 Å². The molecule has 5 nitrogen and oxygen atoms in total. The molecule has 1 aromatic carbocycles. The summed E-state index contributed by atoms with van der Waals surface area (Å²) in [6.45, 7) is 1.47. The number of rotatable bonds is 4. The highest BCUT2D eigenvalue weighted by Gasteiger charge is 2.36. The van der Waals surface area contributed by atoms with Gasteiger partial charge in [0.1, 0.15) is 0 Å². The molecular formula is C15H13Cl2NO4. The SMILES string of the molecule is CC1(C(=O)O)C=CC(Nc2ccc(Cl)cc2Cl)=C(C(=O)O)C1. The predicted molar refractivity (Wildman–Crippen MR) is 84.2 cm³/mol. The molecule has 1 aliphatic carbocycles. The van der Waals surface area contributed by atoms with Gasteiger partial charge in [-0.25, -0.2) is 4.79 Å². The first kappa shape index (κ1) is 16.4. The maximum atomic E-state index is 11.4. The zero-order valence-corrected chi connectivity index (χ0v) is 13.1. The lowest BCUT2D eigenvalue weighted by atomic mass is 9.79. The number of halogens is 2. The van der Waals surface area contributed by atoms with Gasteiger partial charge in [-0.05, 0) is 31.2 Å². The van der Waals surface area contributed by atoms with Crippen molar-refractivity contribution >= 4 is 40.8 Å². The van der Waals surface area contributed by atoms with Crippen LogP contribution in [-0.4, -0.2) is 22.2 Å². The highest BCUT2D eigenvalue weighted by molar-refractivity contribution is 6.36. The summed E-state index contributed by atoms with van der Waals surface area (Å²) >= 11 is 11.9. The normalized spacial score (nSPS) is 20.9. The number of carbonyl (C=O) groups is 2. The summed E-state index contributed by atoms with van der Waals surface area (Å²) < 4.78 is 0. The van der Waals surface area contributed by atoms with Gasteiger partial charge in [-0.15, -0.1) is 0 Å². The molecule has 7 heteroatoms. The van der Waals surface area contributed by atoms with Crippen LogP contribution in [0, 0.1) is 5.41 Å². The monoisotopic (exact) mass is 341 g/mol. The summed E-state index contributed by atoms with van der Waals surface area (Å²) in [6, 6.07) is 4.76. The Morgan fingerprint density at radius 1 is 1.27 bits per heavy atom. The van der Waals surface area contributed by atoms with E-state index in [1.807, 2.05) is 0 Å². The summed E-state index contributed by atoms with van der Waals surface area (Å²) in [4.78, 5) is 22.7. The maximum Gasteiger partial charge on any atom is 0.333 e. The van der Waals surface area contributed by atoms with Gasteiger partial charge < -0.3 is 15.5 Å². The minimum atomic E-state index is -1.25. The maximum absolute atomic E-state index is 11.4. The molecule has 0 aliphatic heterocycles. The minimum absolute atomic E-state index is 0.0154. The van der Waals surface area contributed by atoms with Crippen LogP contribution in [0.2, 0.25) is 10.0 Å². The molecule has 1 atom stereocenters. The third kappa shape index (κ3) is 3.26. The molecule has 0 amide bonds. The van der Waals surface area contributed by atoms with E-state index >= 15 is 0 Å². The molecule has 1 aliphatic rings. The quantitative estimate of drug-likeness (QED) is 0.775. The van der Waals surface area contributed by atoms with Crippen LogP contribution in [0.4, 0.5) is 5.69 Å². The largest absolute Gasteiger partial charge is 0.481 e. The number of hydrogen-bond acceptors (Lipinski definition) is 3. The van der Waals surface area contributed by atoms with Crippen molar-refractivity contribution in [3.05, 3.63) is 51.7 Å².